The number of carbonyl (C=O) groups is 2. The van der Waals surface area contributed by atoms with Crippen molar-refractivity contribution in [3.05, 3.63) is 0 Å². The Kier molecular flexibility index (Phi) is 3.28. The van der Waals surface area contributed by atoms with Gasteiger partial charge in [-0.05, 0) is 12.8 Å². The molecule has 0 aromatic rings. The normalized spacial score (nSPS) is 18.5. The monoisotopic (exact) mass is 186 g/mol. The first kappa shape index (κ1) is 10.0. The number of likely N-dealkylation sites (tertiary alicyclic amines) is 1. The number of piperidine rings is 1. The third-order valence-electron chi connectivity index (χ3n) is 2.35. The second-order valence-electron chi connectivity index (χ2n) is 3.48. The Labute approximate surface area is 79.8 Å². The third kappa shape index (κ3) is 3.05. The number of nitrogens with one attached hydrogen (secondary N) is 1. The van der Waals surface area contributed by atoms with Gasteiger partial charge in [-0.1, -0.05) is 0 Å². The first-order chi connectivity index (χ1) is 6.09. The lowest BCUT2D eigenvalue weighted by molar-refractivity contribution is -0.130. The molecule has 0 unspecified atom stereocenters. The molecule has 0 saturated carbocycles. The third-order valence-corrected chi connectivity index (χ3v) is 2.35. The van der Waals surface area contributed by atoms with E-state index in [2.05, 4.69) is 5.32 Å². The van der Waals surface area contributed by atoms with Gasteiger partial charge in [-0.3, -0.25) is 9.59 Å². The standard InChI is InChI=1S/C9H16N2O2.H2/c1-7(12)10-9-3-5-11(6-4-9)8(2)13;/h9H,3-6H2,1-2H3,(H,10,12);1H. The molecule has 76 valence electrons. The predicted molar refractivity (Wildman–Crippen MR) is 51.2 cm³/mol. The Hall–Kier alpha value is -1.06. The van der Waals surface area contributed by atoms with Crippen molar-refractivity contribution in [2.45, 2.75) is 32.7 Å². The molecule has 0 spiro atoms. The van der Waals surface area contributed by atoms with E-state index in [1.165, 1.54) is 6.92 Å². The van der Waals surface area contributed by atoms with Gasteiger partial charge in [0, 0.05) is 34.4 Å². The Morgan fingerprint density at radius 3 is 2.23 bits per heavy atom. The van der Waals surface area contributed by atoms with Crippen LogP contribution in [0.4, 0.5) is 0 Å². The quantitative estimate of drug-likeness (QED) is 0.643. The van der Waals surface area contributed by atoms with Crippen LogP contribution >= 0.6 is 0 Å². The Balaban J connectivity index is 0.00000169. The first-order valence-corrected chi connectivity index (χ1v) is 4.62. The summed E-state index contributed by atoms with van der Waals surface area (Å²) < 4.78 is 0. The van der Waals surface area contributed by atoms with Crippen molar-refractivity contribution in [1.29, 1.82) is 0 Å². The fraction of sp³-hybridized carbons (Fsp3) is 0.778. The molecule has 0 bridgehead atoms. The van der Waals surface area contributed by atoms with Gasteiger partial charge in [0.1, 0.15) is 0 Å². The lowest BCUT2D eigenvalue weighted by Gasteiger charge is -2.31. The maximum atomic E-state index is 11.0. The molecule has 1 fully saturated rings. The van der Waals surface area contributed by atoms with Gasteiger partial charge in [0.15, 0.2) is 0 Å². The van der Waals surface area contributed by atoms with E-state index in [0.29, 0.717) is 0 Å². The Bertz CT molecular complexity index is 213. The van der Waals surface area contributed by atoms with Crippen molar-refractivity contribution in [3.8, 4) is 0 Å². The summed E-state index contributed by atoms with van der Waals surface area (Å²) in [6.45, 7) is 4.64. The minimum Gasteiger partial charge on any atom is -0.353 e. The summed E-state index contributed by atoms with van der Waals surface area (Å²) in [6.07, 6.45) is 1.75. The van der Waals surface area contributed by atoms with E-state index >= 15 is 0 Å². The number of hydrogen-bond acceptors (Lipinski definition) is 2. The van der Waals surface area contributed by atoms with E-state index in [1.807, 2.05) is 4.90 Å². The van der Waals surface area contributed by atoms with E-state index < -0.39 is 0 Å². The molecule has 13 heavy (non-hydrogen) atoms. The highest BCUT2D eigenvalue weighted by Gasteiger charge is 2.20. The number of amides is 2. The molecule has 0 radical (unpaired) electrons. The smallest absolute Gasteiger partial charge is 0.219 e. The van der Waals surface area contributed by atoms with Gasteiger partial charge in [-0.15, -0.1) is 0 Å². The topological polar surface area (TPSA) is 49.4 Å². The minimum absolute atomic E-state index is 0. The summed E-state index contributed by atoms with van der Waals surface area (Å²) in [5.74, 6) is 0.141. The SMILES string of the molecule is CC(=O)NC1CCN(C(C)=O)CC1.[HH]. The molecule has 0 aliphatic carbocycles. The molecular weight excluding hydrogens is 168 g/mol. The van der Waals surface area contributed by atoms with E-state index in [0.717, 1.165) is 25.9 Å². The van der Waals surface area contributed by atoms with Crippen molar-refractivity contribution in [3.63, 3.8) is 0 Å². The molecule has 4 nitrogen and oxygen atoms in total. The van der Waals surface area contributed by atoms with Crippen molar-refractivity contribution >= 4 is 11.8 Å². The molecule has 1 rings (SSSR count). The van der Waals surface area contributed by atoms with Gasteiger partial charge in [0.25, 0.3) is 0 Å². The summed E-state index contributed by atoms with van der Waals surface area (Å²) in [6, 6.07) is 0.257. The molecule has 2 amide bonds. The average molecular weight is 186 g/mol. The molecule has 1 saturated heterocycles. The maximum absolute atomic E-state index is 11.0. The van der Waals surface area contributed by atoms with Crippen LogP contribution in [0.1, 0.15) is 28.1 Å². The fourth-order valence-corrected chi connectivity index (χ4v) is 1.63. The highest BCUT2D eigenvalue weighted by Crippen LogP contribution is 2.09. The number of nitrogens with zero attached hydrogens (tertiary/aromatic N) is 1. The molecule has 1 aliphatic heterocycles. The highest BCUT2D eigenvalue weighted by atomic mass is 16.2. The summed E-state index contributed by atoms with van der Waals surface area (Å²) in [5, 5.41) is 2.86. The summed E-state index contributed by atoms with van der Waals surface area (Å²) in [7, 11) is 0. The zero-order valence-electron chi connectivity index (χ0n) is 8.17. The second kappa shape index (κ2) is 4.25. The van der Waals surface area contributed by atoms with Crippen LogP contribution < -0.4 is 5.32 Å². The van der Waals surface area contributed by atoms with Crippen LogP contribution in [0.3, 0.4) is 0 Å². The lowest BCUT2D eigenvalue weighted by atomic mass is 10.1. The minimum atomic E-state index is 0. The number of carbonyl (C=O) groups excluding carboxylic acids is 2. The van der Waals surface area contributed by atoms with Gasteiger partial charge in [0.05, 0.1) is 0 Å². The van der Waals surface area contributed by atoms with Crippen LogP contribution in [0.5, 0.6) is 0 Å². The van der Waals surface area contributed by atoms with Gasteiger partial charge in [-0.25, -0.2) is 0 Å². The van der Waals surface area contributed by atoms with Crippen molar-refractivity contribution in [2.24, 2.45) is 0 Å². The summed E-state index contributed by atoms with van der Waals surface area (Å²) >= 11 is 0. The zero-order chi connectivity index (χ0) is 9.84. The molecule has 4 heteroatoms. The van der Waals surface area contributed by atoms with Crippen LogP contribution in [0.2, 0.25) is 0 Å². The van der Waals surface area contributed by atoms with E-state index in [-0.39, 0.29) is 19.3 Å². The predicted octanol–water partition coefficient (Wildman–Crippen LogP) is 0.379. The van der Waals surface area contributed by atoms with Crippen LogP contribution in [-0.4, -0.2) is 35.8 Å². The van der Waals surface area contributed by atoms with Crippen molar-refractivity contribution in [2.75, 3.05) is 13.1 Å². The van der Waals surface area contributed by atoms with Gasteiger partial charge < -0.3 is 10.2 Å². The van der Waals surface area contributed by atoms with Crippen LogP contribution in [0.25, 0.3) is 0 Å². The van der Waals surface area contributed by atoms with E-state index in [4.69, 9.17) is 0 Å². The highest BCUT2D eigenvalue weighted by molar-refractivity contribution is 5.74. The summed E-state index contributed by atoms with van der Waals surface area (Å²) in [4.78, 5) is 23.5. The van der Waals surface area contributed by atoms with Crippen LogP contribution in [-0.2, 0) is 9.59 Å². The Morgan fingerprint density at radius 2 is 1.85 bits per heavy atom. The number of hydrogen-bond donors (Lipinski definition) is 1. The van der Waals surface area contributed by atoms with Crippen LogP contribution in [0, 0.1) is 0 Å². The van der Waals surface area contributed by atoms with E-state index in [1.54, 1.807) is 6.92 Å². The molecule has 0 atom stereocenters. The second-order valence-corrected chi connectivity index (χ2v) is 3.48. The fourth-order valence-electron chi connectivity index (χ4n) is 1.63. The molecule has 1 heterocycles. The summed E-state index contributed by atoms with van der Waals surface area (Å²) in [5.41, 5.74) is 0. The largest absolute Gasteiger partial charge is 0.353 e. The first-order valence-electron chi connectivity index (χ1n) is 4.62. The molecular formula is C9H18N2O2. The molecule has 1 N–H and O–H groups in total. The van der Waals surface area contributed by atoms with E-state index in [9.17, 15) is 9.59 Å². The lowest BCUT2D eigenvalue weighted by Crippen LogP contribution is -2.45. The number of rotatable bonds is 1. The van der Waals surface area contributed by atoms with Gasteiger partial charge in [0.2, 0.25) is 11.8 Å². The van der Waals surface area contributed by atoms with Crippen molar-refractivity contribution < 1.29 is 11.0 Å². The maximum Gasteiger partial charge on any atom is 0.219 e. The molecule has 0 aromatic carbocycles. The van der Waals surface area contributed by atoms with Gasteiger partial charge >= 0.3 is 0 Å². The van der Waals surface area contributed by atoms with Crippen LogP contribution in [0.15, 0.2) is 0 Å². The van der Waals surface area contributed by atoms with Gasteiger partial charge in [-0.2, -0.15) is 0 Å². The van der Waals surface area contributed by atoms with Crippen molar-refractivity contribution in [1.82, 2.24) is 10.2 Å². The molecule has 1 aliphatic rings. The average Bonchev–Trinajstić information content (AvgIpc) is 2.04. The molecule has 0 aromatic heterocycles. The Morgan fingerprint density at radius 1 is 1.31 bits per heavy atom. The zero-order valence-corrected chi connectivity index (χ0v) is 8.17.